The molecule has 0 saturated carbocycles. The van der Waals surface area contributed by atoms with E-state index < -0.39 is 24.9 Å². The van der Waals surface area contributed by atoms with Crippen molar-refractivity contribution in [1.29, 1.82) is 0 Å². The highest BCUT2D eigenvalue weighted by molar-refractivity contribution is 5.93. The van der Waals surface area contributed by atoms with E-state index in [0.717, 1.165) is 5.56 Å². The van der Waals surface area contributed by atoms with Gasteiger partial charge in [0.05, 0.1) is 36.6 Å². The van der Waals surface area contributed by atoms with Crippen LogP contribution in [0, 0.1) is 6.92 Å². The van der Waals surface area contributed by atoms with E-state index >= 15 is 0 Å². The van der Waals surface area contributed by atoms with Gasteiger partial charge in [0, 0.05) is 25.4 Å². The van der Waals surface area contributed by atoms with E-state index in [1.807, 2.05) is 6.92 Å². The number of carbonyl (C=O) groups excluding carboxylic acids is 2. The van der Waals surface area contributed by atoms with Crippen LogP contribution in [0.3, 0.4) is 0 Å². The average Bonchev–Trinajstić information content (AvgIpc) is 3.10. The molecule has 0 unspecified atom stereocenters. The minimum Gasteiger partial charge on any atom is -0.352 e. The molecule has 3 aromatic rings. The summed E-state index contributed by atoms with van der Waals surface area (Å²) in [6.07, 6.45) is 0.112. The number of pyridine rings is 1. The first-order valence-corrected chi connectivity index (χ1v) is 9.06. The molecule has 0 fully saturated rings. The normalized spacial score (nSPS) is 11.5. The molecule has 0 aliphatic rings. The number of aryl methyl sites for hydroxylation is 1. The maximum Gasteiger partial charge on any atom is 0.389 e. The number of fused-ring (bicyclic) bond motifs is 1. The molecule has 3 heterocycles. The predicted octanol–water partition coefficient (Wildman–Crippen LogP) is 2.32. The first-order chi connectivity index (χ1) is 14.2. The van der Waals surface area contributed by atoms with Crippen molar-refractivity contribution in [2.75, 3.05) is 0 Å². The lowest BCUT2D eigenvalue weighted by atomic mass is 10.2. The molecule has 0 atom stereocenters. The maximum atomic E-state index is 12.2. The standard InChI is InChI=1S/C19H19F3N6O2/c1-12-4-14(9-23-6-12)18(30)25-10-15-11-28-16(27-15)5-13(8-26-28)7-24-17(29)2-3-19(20,21)22/h4-6,8-9,11H,2-3,7,10H2,1H3,(H,24,29)(H,25,30). The zero-order valence-corrected chi connectivity index (χ0v) is 16.0. The number of rotatable bonds is 7. The minimum atomic E-state index is -4.37. The molecule has 3 rings (SSSR count). The summed E-state index contributed by atoms with van der Waals surface area (Å²) in [5.41, 5.74) is 2.97. The fourth-order valence-corrected chi connectivity index (χ4v) is 2.64. The Morgan fingerprint density at radius 3 is 2.63 bits per heavy atom. The second kappa shape index (κ2) is 8.89. The summed E-state index contributed by atoms with van der Waals surface area (Å²) in [5.74, 6) is -0.969. The number of halogens is 3. The van der Waals surface area contributed by atoms with Crippen molar-refractivity contribution in [3.05, 3.63) is 59.3 Å². The van der Waals surface area contributed by atoms with Crippen molar-refractivity contribution in [1.82, 2.24) is 30.2 Å². The van der Waals surface area contributed by atoms with Crippen molar-refractivity contribution >= 4 is 17.5 Å². The lowest BCUT2D eigenvalue weighted by molar-refractivity contribution is -0.144. The third-order valence-electron chi connectivity index (χ3n) is 4.12. The molecule has 2 N–H and O–H groups in total. The SMILES string of the molecule is Cc1cncc(C(=O)NCc2cn3ncc(CNC(=O)CCC(F)(F)F)cc3n2)c1. The molecule has 2 amide bonds. The number of carbonyl (C=O) groups is 2. The van der Waals surface area contributed by atoms with Gasteiger partial charge in [-0.05, 0) is 30.2 Å². The Morgan fingerprint density at radius 2 is 1.90 bits per heavy atom. The lowest BCUT2D eigenvalue weighted by Crippen LogP contribution is -2.24. The minimum absolute atomic E-state index is 0.0411. The fraction of sp³-hybridized carbons (Fsp3) is 0.316. The Balaban J connectivity index is 1.56. The van der Waals surface area contributed by atoms with Gasteiger partial charge in [0.1, 0.15) is 0 Å². The monoisotopic (exact) mass is 420 g/mol. The number of nitrogens with one attached hydrogen (secondary N) is 2. The van der Waals surface area contributed by atoms with Gasteiger partial charge in [-0.3, -0.25) is 14.6 Å². The van der Waals surface area contributed by atoms with Crippen molar-refractivity contribution < 1.29 is 22.8 Å². The Morgan fingerprint density at radius 1 is 1.10 bits per heavy atom. The van der Waals surface area contributed by atoms with Crippen molar-refractivity contribution in [3.63, 3.8) is 0 Å². The molecule has 0 aromatic carbocycles. The Bertz CT molecular complexity index is 1060. The highest BCUT2D eigenvalue weighted by Gasteiger charge is 2.27. The van der Waals surface area contributed by atoms with Gasteiger partial charge >= 0.3 is 6.18 Å². The van der Waals surface area contributed by atoms with E-state index in [4.69, 9.17) is 0 Å². The number of hydrogen-bond acceptors (Lipinski definition) is 5. The molecule has 0 spiro atoms. The number of hydrogen-bond donors (Lipinski definition) is 2. The highest BCUT2D eigenvalue weighted by Crippen LogP contribution is 2.21. The third kappa shape index (κ3) is 6.00. The molecule has 8 nitrogen and oxygen atoms in total. The Labute approximate surface area is 169 Å². The summed E-state index contributed by atoms with van der Waals surface area (Å²) < 4.78 is 38.0. The van der Waals surface area contributed by atoms with Crippen LogP contribution in [-0.4, -0.2) is 37.6 Å². The largest absolute Gasteiger partial charge is 0.389 e. The lowest BCUT2D eigenvalue weighted by Gasteiger charge is -2.07. The van der Waals surface area contributed by atoms with Gasteiger partial charge in [-0.25, -0.2) is 9.50 Å². The summed E-state index contributed by atoms with van der Waals surface area (Å²) in [5, 5.41) is 9.34. The zero-order valence-electron chi connectivity index (χ0n) is 16.0. The summed E-state index contributed by atoms with van der Waals surface area (Å²) in [7, 11) is 0. The molecule has 0 aliphatic carbocycles. The highest BCUT2D eigenvalue weighted by atomic mass is 19.4. The third-order valence-corrected chi connectivity index (χ3v) is 4.12. The van der Waals surface area contributed by atoms with Crippen molar-refractivity contribution in [2.24, 2.45) is 0 Å². The van der Waals surface area contributed by atoms with E-state index in [-0.39, 0.29) is 19.0 Å². The van der Waals surface area contributed by atoms with E-state index in [1.54, 1.807) is 24.5 Å². The van der Waals surface area contributed by atoms with Gasteiger partial charge in [0.2, 0.25) is 5.91 Å². The van der Waals surface area contributed by atoms with Crippen molar-refractivity contribution in [3.8, 4) is 0 Å². The summed E-state index contributed by atoms with van der Waals surface area (Å²) in [4.78, 5) is 32.1. The van der Waals surface area contributed by atoms with Crippen molar-refractivity contribution in [2.45, 2.75) is 39.0 Å². The number of imidazole rings is 1. The number of nitrogens with zero attached hydrogens (tertiary/aromatic N) is 4. The quantitative estimate of drug-likeness (QED) is 0.611. The van der Waals surface area contributed by atoms with E-state index in [1.165, 1.54) is 16.9 Å². The van der Waals surface area contributed by atoms with Crippen LogP contribution in [0.1, 0.15) is 40.0 Å². The van der Waals surface area contributed by atoms with Crippen LogP contribution < -0.4 is 10.6 Å². The van der Waals surface area contributed by atoms with Crippen LogP contribution in [0.15, 0.2) is 36.9 Å². The number of amides is 2. The summed E-state index contributed by atoms with van der Waals surface area (Å²) in [6.45, 7) is 2.06. The van der Waals surface area contributed by atoms with Gasteiger partial charge in [-0.15, -0.1) is 0 Å². The van der Waals surface area contributed by atoms with Gasteiger partial charge in [-0.1, -0.05) is 0 Å². The molecule has 11 heteroatoms. The van der Waals surface area contributed by atoms with Crippen LogP contribution in [-0.2, 0) is 17.9 Å². The van der Waals surface area contributed by atoms with Gasteiger partial charge < -0.3 is 10.6 Å². The molecule has 0 aliphatic heterocycles. The average molecular weight is 420 g/mol. The van der Waals surface area contributed by atoms with Gasteiger partial charge in [0.15, 0.2) is 5.65 Å². The number of alkyl halides is 3. The molecular weight excluding hydrogens is 401 g/mol. The second-order valence-electron chi connectivity index (χ2n) is 6.72. The van der Waals surface area contributed by atoms with Gasteiger partial charge in [0.25, 0.3) is 5.91 Å². The van der Waals surface area contributed by atoms with Crippen LogP contribution in [0.4, 0.5) is 13.2 Å². The maximum absolute atomic E-state index is 12.2. The summed E-state index contributed by atoms with van der Waals surface area (Å²) >= 11 is 0. The molecule has 30 heavy (non-hydrogen) atoms. The molecule has 3 aromatic heterocycles. The van der Waals surface area contributed by atoms with E-state index in [0.29, 0.717) is 22.5 Å². The smallest absolute Gasteiger partial charge is 0.352 e. The van der Waals surface area contributed by atoms with Crippen LogP contribution in [0.2, 0.25) is 0 Å². The van der Waals surface area contributed by atoms with Crippen LogP contribution in [0.5, 0.6) is 0 Å². The van der Waals surface area contributed by atoms with E-state index in [2.05, 4.69) is 25.7 Å². The summed E-state index contributed by atoms with van der Waals surface area (Å²) in [6, 6.07) is 3.38. The van der Waals surface area contributed by atoms with Crippen LogP contribution in [0.25, 0.3) is 5.65 Å². The van der Waals surface area contributed by atoms with Gasteiger partial charge in [-0.2, -0.15) is 18.3 Å². The topological polar surface area (TPSA) is 101 Å². The molecule has 0 radical (unpaired) electrons. The van der Waals surface area contributed by atoms with Crippen LogP contribution >= 0.6 is 0 Å². The molecule has 0 saturated heterocycles. The molecular formula is C19H19F3N6O2. The van der Waals surface area contributed by atoms with E-state index in [9.17, 15) is 22.8 Å². The first-order valence-electron chi connectivity index (χ1n) is 9.06. The Kier molecular flexibility index (Phi) is 6.28. The zero-order chi connectivity index (χ0) is 21.7. The molecule has 158 valence electrons. The fourth-order valence-electron chi connectivity index (χ4n) is 2.64. The first kappa shape index (κ1) is 21.2. The number of aromatic nitrogens is 4. The molecule has 0 bridgehead atoms. The predicted molar refractivity (Wildman–Crippen MR) is 100 cm³/mol. The Hall–Kier alpha value is -3.50. The second-order valence-corrected chi connectivity index (χ2v) is 6.72.